The zero-order valence-electron chi connectivity index (χ0n) is 7.63. The topological polar surface area (TPSA) is 46.2 Å². The van der Waals surface area contributed by atoms with E-state index in [-0.39, 0.29) is 11.6 Å². The van der Waals surface area contributed by atoms with Gasteiger partial charge in [0.05, 0.1) is 6.10 Å². The molecule has 70 valence electrons. The highest BCUT2D eigenvalue weighted by Gasteiger charge is 2.44. The summed E-state index contributed by atoms with van der Waals surface area (Å²) in [7, 11) is 0. The predicted molar refractivity (Wildman–Crippen MR) is 48.7 cm³/mol. The van der Waals surface area contributed by atoms with E-state index in [2.05, 4.69) is 0 Å². The lowest BCUT2D eigenvalue weighted by Crippen LogP contribution is -2.59. The SMILES string of the molecule is NC12CCCCC1CCCC2O. The second-order valence-corrected chi connectivity index (χ2v) is 4.50. The van der Waals surface area contributed by atoms with Crippen LogP contribution < -0.4 is 5.73 Å². The van der Waals surface area contributed by atoms with Crippen molar-refractivity contribution in [1.29, 1.82) is 0 Å². The van der Waals surface area contributed by atoms with Crippen molar-refractivity contribution in [3.8, 4) is 0 Å². The van der Waals surface area contributed by atoms with Crippen LogP contribution in [0.3, 0.4) is 0 Å². The first-order valence-corrected chi connectivity index (χ1v) is 5.20. The molecule has 0 aromatic heterocycles. The average Bonchev–Trinajstić information content (AvgIpc) is 2.07. The van der Waals surface area contributed by atoms with Crippen molar-refractivity contribution >= 4 is 0 Å². The van der Waals surface area contributed by atoms with Gasteiger partial charge in [0.15, 0.2) is 0 Å². The fourth-order valence-corrected chi connectivity index (χ4v) is 2.97. The minimum atomic E-state index is -0.225. The third-order valence-corrected chi connectivity index (χ3v) is 3.82. The van der Waals surface area contributed by atoms with Crippen LogP contribution in [0, 0.1) is 5.92 Å². The van der Waals surface area contributed by atoms with Gasteiger partial charge in [0.1, 0.15) is 0 Å². The molecule has 0 heterocycles. The number of aliphatic hydroxyl groups is 1. The predicted octanol–water partition coefficient (Wildman–Crippen LogP) is 1.42. The number of hydrogen-bond donors (Lipinski definition) is 2. The van der Waals surface area contributed by atoms with E-state index in [4.69, 9.17) is 5.73 Å². The van der Waals surface area contributed by atoms with Crippen molar-refractivity contribution in [2.45, 2.75) is 56.6 Å². The van der Waals surface area contributed by atoms with E-state index in [1.807, 2.05) is 0 Å². The van der Waals surface area contributed by atoms with Gasteiger partial charge in [0, 0.05) is 5.54 Å². The Kier molecular flexibility index (Phi) is 2.13. The van der Waals surface area contributed by atoms with Crippen LogP contribution in [0.15, 0.2) is 0 Å². The van der Waals surface area contributed by atoms with E-state index in [0.29, 0.717) is 5.92 Å². The lowest BCUT2D eigenvalue weighted by atomic mass is 9.64. The Hall–Kier alpha value is -0.0800. The molecule has 12 heavy (non-hydrogen) atoms. The van der Waals surface area contributed by atoms with Crippen LogP contribution in [0.5, 0.6) is 0 Å². The molecule has 2 heteroatoms. The quantitative estimate of drug-likeness (QED) is 0.576. The first-order valence-electron chi connectivity index (χ1n) is 5.20. The van der Waals surface area contributed by atoms with Crippen molar-refractivity contribution in [3.63, 3.8) is 0 Å². The minimum absolute atomic E-state index is 0.212. The molecule has 2 saturated carbocycles. The fraction of sp³-hybridized carbons (Fsp3) is 1.00. The smallest absolute Gasteiger partial charge is 0.0722 e. The van der Waals surface area contributed by atoms with Gasteiger partial charge in [-0.05, 0) is 31.6 Å². The molecule has 3 unspecified atom stereocenters. The van der Waals surface area contributed by atoms with Crippen LogP contribution in [-0.2, 0) is 0 Å². The van der Waals surface area contributed by atoms with Crippen LogP contribution in [-0.4, -0.2) is 16.7 Å². The van der Waals surface area contributed by atoms with Gasteiger partial charge in [-0.3, -0.25) is 0 Å². The van der Waals surface area contributed by atoms with E-state index in [0.717, 1.165) is 12.8 Å². The molecule has 0 saturated heterocycles. The lowest BCUT2D eigenvalue weighted by molar-refractivity contribution is -0.0141. The van der Waals surface area contributed by atoms with E-state index in [9.17, 15) is 5.11 Å². The summed E-state index contributed by atoms with van der Waals surface area (Å²) in [6, 6.07) is 0. The molecule has 3 atom stereocenters. The molecule has 3 N–H and O–H groups in total. The summed E-state index contributed by atoms with van der Waals surface area (Å²) >= 11 is 0. The van der Waals surface area contributed by atoms with Gasteiger partial charge in [-0.2, -0.15) is 0 Å². The zero-order chi connectivity index (χ0) is 8.60. The van der Waals surface area contributed by atoms with E-state index < -0.39 is 0 Å². The van der Waals surface area contributed by atoms with Crippen LogP contribution in [0.4, 0.5) is 0 Å². The van der Waals surface area contributed by atoms with E-state index >= 15 is 0 Å². The van der Waals surface area contributed by atoms with Gasteiger partial charge in [-0.25, -0.2) is 0 Å². The molecule has 2 aliphatic rings. The molecule has 0 aromatic rings. The molecule has 0 spiro atoms. The van der Waals surface area contributed by atoms with Crippen molar-refractivity contribution in [1.82, 2.24) is 0 Å². The highest BCUT2D eigenvalue weighted by molar-refractivity contribution is 5.02. The number of hydrogen-bond acceptors (Lipinski definition) is 2. The molecule has 0 radical (unpaired) electrons. The highest BCUT2D eigenvalue weighted by atomic mass is 16.3. The molecule has 2 aliphatic carbocycles. The maximum Gasteiger partial charge on any atom is 0.0722 e. The van der Waals surface area contributed by atoms with Crippen LogP contribution >= 0.6 is 0 Å². The van der Waals surface area contributed by atoms with Gasteiger partial charge in [-0.15, -0.1) is 0 Å². The summed E-state index contributed by atoms with van der Waals surface area (Å²) in [4.78, 5) is 0. The van der Waals surface area contributed by atoms with Crippen LogP contribution in [0.2, 0.25) is 0 Å². The first-order chi connectivity index (χ1) is 5.73. The van der Waals surface area contributed by atoms with Gasteiger partial charge in [-0.1, -0.05) is 19.3 Å². The second-order valence-electron chi connectivity index (χ2n) is 4.50. The van der Waals surface area contributed by atoms with Gasteiger partial charge < -0.3 is 10.8 Å². The highest BCUT2D eigenvalue weighted by Crippen LogP contribution is 2.42. The summed E-state index contributed by atoms with van der Waals surface area (Å²) in [6.07, 6.45) is 7.93. The Morgan fingerprint density at radius 3 is 2.58 bits per heavy atom. The third kappa shape index (κ3) is 1.17. The standard InChI is InChI=1S/C10H19NO/c11-10-7-2-1-4-8(10)5-3-6-9(10)12/h8-9,12H,1-7,11H2. The van der Waals surface area contributed by atoms with Crippen molar-refractivity contribution in [2.75, 3.05) is 0 Å². The Morgan fingerprint density at radius 1 is 1.08 bits per heavy atom. The minimum Gasteiger partial charge on any atom is -0.391 e. The van der Waals surface area contributed by atoms with E-state index in [1.54, 1.807) is 0 Å². The third-order valence-electron chi connectivity index (χ3n) is 3.82. The lowest BCUT2D eigenvalue weighted by Gasteiger charge is -2.47. The van der Waals surface area contributed by atoms with Crippen LogP contribution in [0.1, 0.15) is 44.9 Å². The summed E-state index contributed by atoms with van der Waals surface area (Å²) in [6.45, 7) is 0. The molecule has 2 nitrogen and oxygen atoms in total. The monoisotopic (exact) mass is 169 g/mol. The van der Waals surface area contributed by atoms with Gasteiger partial charge in [0.2, 0.25) is 0 Å². The van der Waals surface area contributed by atoms with Crippen molar-refractivity contribution in [3.05, 3.63) is 0 Å². The largest absolute Gasteiger partial charge is 0.391 e. The summed E-state index contributed by atoms with van der Waals surface area (Å²) in [5, 5.41) is 9.84. The molecule has 2 rings (SSSR count). The molecule has 0 aliphatic heterocycles. The number of fused-ring (bicyclic) bond motifs is 1. The second kappa shape index (κ2) is 3.00. The molecule has 0 bridgehead atoms. The maximum absolute atomic E-state index is 9.84. The van der Waals surface area contributed by atoms with E-state index in [1.165, 1.54) is 32.1 Å². The number of rotatable bonds is 0. The summed E-state index contributed by atoms with van der Waals surface area (Å²) in [5.41, 5.74) is 6.05. The zero-order valence-corrected chi connectivity index (χ0v) is 7.63. The molecular weight excluding hydrogens is 150 g/mol. The summed E-state index contributed by atoms with van der Waals surface area (Å²) in [5.74, 6) is 0.606. The molecule has 0 amide bonds. The number of aliphatic hydroxyl groups excluding tert-OH is 1. The summed E-state index contributed by atoms with van der Waals surface area (Å²) < 4.78 is 0. The van der Waals surface area contributed by atoms with Gasteiger partial charge in [0.25, 0.3) is 0 Å². The first kappa shape index (κ1) is 8.52. The molecule has 0 aromatic carbocycles. The Labute approximate surface area is 74.1 Å². The van der Waals surface area contributed by atoms with Crippen molar-refractivity contribution in [2.24, 2.45) is 11.7 Å². The fourth-order valence-electron chi connectivity index (χ4n) is 2.97. The Morgan fingerprint density at radius 2 is 1.83 bits per heavy atom. The number of nitrogens with two attached hydrogens (primary N) is 1. The average molecular weight is 169 g/mol. The maximum atomic E-state index is 9.84. The molecular formula is C10H19NO. The van der Waals surface area contributed by atoms with Crippen molar-refractivity contribution < 1.29 is 5.11 Å². The van der Waals surface area contributed by atoms with Gasteiger partial charge >= 0.3 is 0 Å². The Balaban J connectivity index is 2.14. The Bertz CT molecular complexity index is 169. The molecule has 2 fully saturated rings. The van der Waals surface area contributed by atoms with Crippen LogP contribution in [0.25, 0.3) is 0 Å². The normalized spacial score (nSPS) is 48.5.